The Bertz CT molecular complexity index is 963. The summed E-state index contributed by atoms with van der Waals surface area (Å²) in [5.74, 6) is 0.260. The number of amides is 1. The van der Waals surface area contributed by atoms with Crippen molar-refractivity contribution in [3.8, 4) is 5.75 Å². The number of likely N-dealkylation sites (N-methyl/N-ethyl adjacent to an activating group) is 1. The van der Waals surface area contributed by atoms with Crippen LogP contribution in [0.15, 0.2) is 54.6 Å². The number of aliphatic hydroxyl groups excluding tert-OH is 1. The summed E-state index contributed by atoms with van der Waals surface area (Å²) in [6.45, 7) is 0.0890. The molecule has 2 atom stereocenters. The van der Waals surface area contributed by atoms with Gasteiger partial charge in [0, 0.05) is 7.05 Å². The number of sulfonamides is 1. The molecule has 2 unspecified atom stereocenters. The molecule has 0 aromatic heterocycles. The molecule has 7 nitrogen and oxygen atoms in total. The normalized spacial score (nSPS) is 18.9. The van der Waals surface area contributed by atoms with Crippen molar-refractivity contribution in [1.29, 1.82) is 0 Å². The number of anilines is 1. The standard InChI is InChI=1S/C23H30N2O5S/c1-24(21-10-6-7-11-22(21)26)23(27)16-25(31(2,28)29)19-12-14-20(15-13-19)30-17-18-8-4-3-5-9-18/h3-5,8-9,12-15,21-22,26H,6-7,10-11,16-17H2,1-2H3. The fourth-order valence-corrected chi connectivity index (χ4v) is 4.66. The number of nitrogens with zero attached hydrogens (tertiary/aromatic N) is 2. The van der Waals surface area contributed by atoms with Crippen LogP contribution in [0.3, 0.4) is 0 Å². The second kappa shape index (κ2) is 10.2. The first-order valence-corrected chi connectivity index (χ1v) is 12.3. The molecule has 2 aromatic rings. The van der Waals surface area contributed by atoms with Crippen LogP contribution in [0.4, 0.5) is 5.69 Å². The summed E-state index contributed by atoms with van der Waals surface area (Å²) in [5.41, 5.74) is 1.42. The number of aliphatic hydroxyl groups is 1. The maximum Gasteiger partial charge on any atom is 0.243 e. The lowest BCUT2D eigenvalue weighted by atomic mass is 9.91. The quantitative estimate of drug-likeness (QED) is 0.674. The first-order valence-electron chi connectivity index (χ1n) is 10.4. The Labute approximate surface area is 184 Å². The van der Waals surface area contributed by atoms with Crippen molar-refractivity contribution in [3.63, 3.8) is 0 Å². The lowest BCUT2D eigenvalue weighted by Gasteiger charge is -2.36. The number of benzene rings is 2. The van der Waals surface area contributed by atoms with E-state index in [0.717, 1.165) is 35.4 Å². The zero-order valence-electron chi connectivity index (χ0n) is 18.0. The molecule has 1 N–H and O–H groups in total. The van der Waals surface area contributed by atoms with Crippen LogP contribution in [0.2, 0.25) is 0 Å². The Morgan fingerprint density at radius 1 is 1.06 bits per heavy atom. The fourth-order valence-electron chi connectivity index (χ4n) is 3.81. The molecule has 0 saturated heterocycles. The van der Waals surface area contributed by atoms with Crippen molar-refractivity contribution in [2.24, 2.45) is 0 Å². The van der Waals surface area contributed by atoms with Crippen LogP contribution in [-0.2, 0) is 21.4 Å². The number of ether oxygens (including phenoxy) is 1. The maximum absolute atomic E-state index is 12.8. The van der Waals surface area contributed by atoms with E-state index in [1.807, 2.05) is 30.3 Å². The highest BCUT2D eigenvalue weighted by atomic mass is 32.2. The molecule has 1 fully saturated rings. The van der Waals surface area contributed by atoms with Crippen LogP contribution >= 0.6 is 0 Å². The molecule has 1 aliphatic carbocycles. The van der Waals surface area contributed by atoms with E-state index >= 15 is 0 Å². The molecule has 0 bridgehead atoms. The molecule has 1 saturated carbocycles. The minimum Gasteiger partial charge on any atom is -0.489 e. The Morgan fingerprint density at radius 3 is 2.32 bits per heavy atom. The lowest BCUT2D eigenvalue weighted by Crippen LogP contribution is -2.50. The van der Waals surface area contributed by atoms with Gasteiger partial charge in [0.05, 0.1) is 24.1 Å². The highest BCUT2D eigenvalue weighted by Crippen LogP contribution is 2.25. The van der Waals surface area contributed by atoms with Gasteiger partial charge in [-0.1, -0.05) is 43.2 Å². The second-order valence-electron chi connectivity index (χ2n) is 7.96. The largest absolute Gasteiger partial charge is 0.489 e. The van der Waals surface area contributed by atoms with Crippen molar-refractivity contribution in [2.75, 3.05) is 24.2 Å². The van der Waals surface area contributed by atoms with Gasteiger partial charge in [-0.3, -0.25) is 9.10 Å². The molecule has 0 heterocycles. The molecule has 0 spiro atoms. The van der Waals surface area contributed by atoms with E-state index in [1.54, 1.807) is 31.3 Å². The predicted molar refractivity (Wildman–Crippen MR) is 120 cm³/mol. The Balaban J connectivity index is 1.68. The Morgan fingerprint density at radius 2 is 1.71 bits per heavy atom. The zero-order chi connectivity index (χ0) is 22.4. The summed E-state index contributed by atoms with van der Waals surface area (Å²) in [6.07, 6.45) is 3.76. The molecule has 3 rings (SSSR count). The van der Waals surface area contributed by atoms with E-state index in [4.69, 9.17) is 4.74 Å². The average Bonchev–Trinajstić information content (AvgIpc) is 2.76. The number of carbonyl (C=O) groups excluding carboxylic acids is 1. The molecule has 168 valence electrons. The Kier molecular flexibility index (Phi) is 7.56. The van der Waals surface area contributed by atoms with Crippen LogP contribution in [0.5, 0.6) is 5.75 Å². The van der Waals surface area contributed by atoms with Gasteiger partial charge in [0.2, 0.25) is 15.9 Å². The molecular weight excluding hydrogens is 416 g/mol. The third-order valence-electron chi connectivity index (χ3n) is 5.64. The fraction of sp³-hybridized carbons (Fsp3) is 0.435. The van der Waals surface area contributed by atoms with Gasteiger partial charge in [-0.15, -0.1) is 0 Å². The molecular formula is C23H30N2O5S. The van der Waals surface area contributed by atoms with Gasteiger partial charge >= 0.3 is 0 Å². The van der Waals surface area contributed by atoms with Gasteiger partial charge in [0.1, 0.15) is 18.9 Å². The van der Waals surface area contributed by atoms with Crippen LogP contribution in [-0.4, -0.2) is 56.3 Å². The van der Waals surface area contributed by atoms with Crippen LogP contribution in [0.25, 0.3) is 0 Å². The van der Waals surface area contributed by atoms with Crippen LogP contribution in [0.1, 0.15) is 31.2 Å². The Hall–Kier alpha value is -2.58. The third-order valence-corrected chi connectivity index (χ3v) is 6.78. The first kappa shape index (κ1) is 23.1. The number of hydrogen-bond donors (Lipinski definition) is 1. The topological polar surface area (TPSA) is 87.2 Å². The number of rotatable bonds is 8. The minimum atomic E-state index is -3.68. The number of carbonyl (C=O) groups is 1. The third kappa shape index (κ3) is 6.21. The monoisotopic (exact) mass is 446 g/mol. The van der Waals surface area contributed by atoms with Crippen LogP contribution in [0, 0.1) is 0 Å². The van der Waals surface area contributed by atoms with Gasteiger partial charge in [-0.05, 0) is 42.7 Å². The van der Waals surface area contributed by atoms with Gasteiger partial charge in [0.15, 0.2) is 0 Å². The molecule has 1 aliphatic rings. The predicted octanol–water partition coefficient (Wildman–Crippen LogP) is 2.79. The van der Waals surface area contributed by atoms with Crippen LogP contribution < -0.4 is 9.04 Å². The van der Waals surface area contributed by atoms with Crippen molar-refractivity contribution >= 4 is 21.6 Å². The summed E-state index contributed by atoms with van der Waals surface area (Å²) >= 11 is 0. The SMILES string of the molecule is CN(C(=O)CN(c1ccc(OCc2ccccc2)cc1)S(C)(=O)=O)C1CCCCC1O. The van der Waals surface area contributed by atoms with E-state index in [1.165, 1.54) is 4.90 Å². The first-order chi connectivity index (χ1) is 14.8. The van der Waals surface area contributed by atoms with Gasteiger partial charge in [-0.2, -0.15) is 0 Å². The smallest absolute Gasteiger partial charge is 0.243 e. The highest BCUT2D eigenvalue weighted by Gasteiger charge is 2.31. The summed E-state index contributed by atoms with van der Waals surface area (Å²) in [6, 6.07) is 16.1. The lowest BCUT2D eigenvalue weighted by molar-refractivity contribution is -0.133. The van der Waals surface area contributed by atoms with Gasteiger partial charge in [0.25, 0.3) is 0 Å². The van der Waals surface area contributed by atoms with Crippen molar-refractivity contribution in [2.45, 2.75) is 44.4 Å². The molecule has 0 radical (unpaired) electrons. The molecule has 8 heteroatoms. The van der Waals surface area contributed by atoms with E-state index in [9.17, 15) is 18.3 Å². The maximum atomic E-state index is 12.8. The van der Waals surface area contributed by atoms with E-state index in [0.29, 0.717) is 24.5 Å². The average molecular weight is 447 g/mol. The van der Waals surface area contributed by atoms with Gasteiger partial charge < -0.3 is 14.7 Å². The zero-order valence-corrected chi connectivity index (χ0v) is 18.8. The van der Waals surface area contributed by atoms with Crippen molar-refractivity contribution in [3.05, 3.63) is 60.2 Å². The highest BCUT2D eigenvalue weighted by molar-refractivity contribution is 7.92. The van der Waals surface area contributed by atoms with Crippen molar-refractivity contribution < 1.29 is 23.1 Å². The summed E-state index contributed by atoms with van der Waals surface area (Å²) < 4.78 is 31.6. The molecule has 2 aromatic carbocycles. The second-order valence-corrected chi connectivity index (χ2v) is 9.87. The van der Waals surface area contributed by atoms with E-state index in [-0.39, 0.29) is 18.5 Å². The number of hydrogen-bond acceptors (Lipinski definition) is 5. The van der Waals surface area contributed by atoms with Crippen molar-refractivity contribution in [1.82, 2.24) is 4.90 Å². The minimum absolute atomic E-state index is 0.281. The molecule has 1 amide bonds. The molecule has 0 aliphatic heterocycles. The summed E-state index contributed by atoms with van der Waals surface area (Å²) in [4.78, 5) is 14.3. The van der Waals surface area contributed by atoms with Gasteiger partial charge in [-0.25, -0.2) is 8.42 Å². The molecule has 31 heavy (non-hydrogen) atoms. The van der Waals surface area contributed by atoms with E-state index < -0.39 is 16.1 Å². The summed E-state index contributed by atoms with van der Waals surface area (Å²) in [7, 11) is -2.05. The summed E-state index contributed by atoms with van der Waals surface area (Å²) in [5, 5.41) is 10.2. The van der Waals surface area contributed by atoms with E-state index in [2.05, 4.69) is 0 Å².